The fraction of sp³-hybridized carbons (Fsp3) is 0.312. The third-order valence-electron chi connectivity index (χ3n) is 3.21. The summed E-state index contributed by atoms with van der Waals surface area (Å²) in [6, 6.07) is 9.95. The number of hydrazone groups is 1. The predicted molar refractivity (Wildman–Crippen MR) is 83.2 cm³/mol. The molecular formula is C16H20N4O. The zero-order valence-corrected chi connectivity index (χ0v) is 12.8. The molecule has 1 amide bonds. The van der Waals surface area contributed by atoms with Crippen molar-refractivity contribution in [3.8, 4) is 0 Å². The molecule has 0 aliphatic carbocycles. The first-order valence-corrected chi connectivity index (χ1v) is 6.87. The van der Waals surface area contributed by atoms with Gasteiger partial charge in [-0.25, -0.2) is 5.43 Å². The molecule has 5 nitrogen and oxygen atoms in total. The van der Waals surface area contributed by atoms with Gasteiger partial charge >= 0.3 is 0 Å². The number of carbonyl (C=O) groups excluding carboxylic acids is 1. The lowest BCUT2D eigenvalue weighted by Crippen LogP contribution is -2.25. The number of rotatable bonds is 4. The van der Waals surface area contributed by atoms with Gasteiger partial charge in [0.2, 0.25) is 0 Å². The summed E-state index contributed by atoms with van der Waals surface area (Å²) in [6.07, 6.45) is 0. The molecular weight excluding hydrogens is 264 g/mol. The molecule has 0 aliphatic heterocycles. The molecule has 0 aliphatic rings. The standard InChI is InChI=1S/C16H20N4O/c1-11-5-7-15(8-6-11)14(4)17-18-16(21)10-20-13(3)9-12(2)19-20/h5-9H,10H2,1-4H3,(H,18,21). The maximum Gasteiger partial charge on any atom is 0.261 e. The van der Waals surface area contributed by atoms with Crippen LogP contribution in [0.2, 0.25) is 0 Å². The first-order valence-electron chi connectivity index (χ1n) is 6.87. The van der Waals surface area contributed by atoms with Gasteiger partial charge in [-0.05, 0) is 39.3 Å². The van der Waals surface area contributed by atoms with Crippen molar-refractivity contribution < 1.29 is 4.79 Å². The second-order valence-electron chi connectivity index (χ2n) is 5.18. The Kier molecular flexibility index (Phi) is 4.52. The highest BCUT2D eigenvalue weighted by Gasteiger charge is 2.06. The van der Waals surface area contributed by atoms with Crippen LogP contribution in [0.5, 0.6) is 0 Å². The predicted octanol–water partition coefficient (Wildman–Crippen LogP) is 2.35. The topological polar surface area (TPSA) is 59.3 Å². The molecule has 0 fully saturated rings. The van der Waals surface area contributed by atoms with Crippen molar-refractivity contribution in [1.29, 1.82) is 0 Å². The van der Waals surface area contributed by atoms with Crippen LogP contribution in [0.1, 0.15) is 29.4 Å². The van der Waals surface area contributed by atoms with Crippen molar-refractivity contribution in [1.82, 2.24) is 15.2 Å². The highest BCUT2D eigenvalue weighted by molar-refractivity contribution is 5.99. The normalized spacial score (nSPS) is 11.5. The van der Waals surface area contributed by atoms with Crippen LogP contribution in [0.4, 0.5) is 0 Å². The largest absolute Gasteiger partial charge is 0.271 e. The number of hydrogen-bond acceptors (Lipinski definition) is 3. The summed E-state index contributed by atoms with van der Waals surface area (Å²) < 4.78 is 1.67. The maximum atomic E-state index is 11.9. The van der Waals surface area contributed by atoms with Crippen molar-refractivity contribution in [2.24, 2.45) is 5.10 Å². The fourth-order valence-corrected chi connectivity index (χ4v) is 2.01. The van der Waals surface area contributed by atoms with Gasteiger partial charge in [-0.3, -0.25) is 9.48 Å². The van der Waals surface area contributed by atoms with E-state index >= 15 is 0 Å². The number of aryl methyl sites for hydroxylation is 3. The van der Waals surface area contributed by atoms with Crippen LogP contribution in [-0.2, 0) is 11.3 Å². The molecule has 1 aromatic carbocycles. The number of aromatic nitrogens is 2. The average molecular weight is 284 g/mol. The molecule has 110 valence electrons. The summed E-state index contributed by atoms with van der Waals surface area (Å²) in [4.78, 5) is 11.9. The van der Waals surface area contributed by atoms with E-state index in [1.54, 1.807) is 4.68 Å². The Bertz CT molecular complexity index is 668. The van der Waals surface area contributed by atoms with Crippen LogP contribution in [0.3, 0.4) is 0 Å². The molecule has 5 heteroatoms. The third kappa shape index (κ3) is 4.02. The van der Waals surface area contributed by atoms with Crippen LogP contribution < -0.4 is 5.43 Å². The Labute approximate surface area is 124 Å². The summed E-state index contributed by atoms with van der Waals surface area (Å²) in [5.74, 6) is -0.187. The molecule has 0 bridgehead atoms. The lowest BCUT2D eigenvalue weighted by molar-refractivity contribution is -0.121. The Morgan fingerprint density at radius 1 is 1.24 bits per heavy atom. The molecule has 1 heterocycles. The Morgan fingerprint density at radius 2 is 1.90 bits per heavy atom. The van der Waals surface area contributed by atoms with E-state index in [2.05, 4.69) is 15.6 Å². The van der Waals surface area contributed by atoms with E-state index in [0.717, 1.165) is 22.7 Å². The molecule has 1 N–H and O–H groups in total. The van der Waals surface area contributed by atoms with Crippen molar-refractivity contribution >= 4 is 11.6 Å². The summed E-state index contributed by atoms with van der Waals surface area (Å²) in [5.41, 5.74) is 7.39. The van der Waals surface area contributed by atoms with E-state index in [1.165, 1.54) is 5.56 Å². The number of hydrogen-bond donors (Lipinski definition) is 1. The first-order chi connectivity index (χ1) is 9.95. The molecule has 0 atom stereocenters. The summed E-state index contributed by atoms with van der Waals surface area (Å²) in [5, 5.41) is 8.39. The second kappa shape index (κ2) is 6.35. The van der Waals surface area contributed by atoms with Crippen LogP contribution >= 0.6 is 0 Å². The van der Waals surface area contributed by atoms with E-state index in [0.29, 0.717) is 0 Å². The Balaban J connectivity index is 1.98. The molecule has 2 aromatic rings. The van der Waals surface area contributed by atoms with Gasteiger partial charge < -0.3 is 0 Å². The SMILES string of the molecule is CC(=NNC(=O)Cn1nc(C)cc1C)c1ccc(C)cc1. The average Bonchev–Trinajstić information content (AvgIpc) is 2.75. The smallest absolute Gasteiger partial charge is 0.261 e. The number of carbonyl (C=O) groups is 1. The molecule has 0 unspecified atom stereocenters. The fourth-order valence-electron chi connectivity index (χ4n) is 2.01. The van der Waals surface area contributed by atoms with Crippen molar-refractivity contribution in [2.45, 2.75) is 34.2 Å². The van der Waals surface area contributed by atoms with Crippen LogP contribution in [0.25, 0.3) is 0 Å². The monoisotopic (exact) mass is 284 g/mol. The van der Waals surface area contributed by atoms with Crippen LogP contribution in [0.15, 0.2) is 35.4 Å². The van der Waals surface area contributed by atoms with Crippen molar-refractivity contribution in [3.63, 3.8) is 0 Å². The van der Waals surface area contributed by atoms with E-state index < -0.39 is 0 Å². The molecule has 0 spiro atoms. The molecule has 0 saturated heterocycles. The zero-order chi connectivity index (χ0) is 15.4. The van der Waals surface area contributed by atoms with Crippen molar-refractivity contribution in [2.75, 3.05) is 0 Å². The lowest BCUT2D eigenvalue weighted by Gasteiger charge is -2.05. The number of nitrogens with zero attached hydrogens (tertiary/aromatic N) is 3. The molecule has 2 rings (SSSR count). The summed E-state index contributed by atoms with van der Waals surface area (Å²) in [7, 11) is 0. The number of amides is 1. The Hall–Kier alpha value is -2.43. The molecule has 21 heavy (non-hydrogen) atoms. The first kappa shape index (κ1) is 15.0. The highest BCUT2D eigenvalue weighted by Crippen LogP contribution is 2.04. The number of nitrogens with one attached hydrogen (secondary N) is 1. The van der Waals surface area contributed by atoms with Gasteiger partial charge in [0.1, 0.15) is 6.54 Å². The Morgan fingerprint density at radius 3 is 2.48 bits per heavy atom. The minimum absolute atomic E-state index is 0.171. The van der Waals surface area contributed by atoms with Crippen LogP contribution in [-0.4, -0.2) is 21.4 Å². The van der Waals surface area contributed by atoms with Crippen molar-refractivity contribution in [3.05, 3.63) is 52.8 Å². The molecule has 0 radical (unpaired) electrons. The van der Waals surface area contributed by atoms with Gasteiger partial charge in [-0.2, -0.15) is 10.2 Å². The van der Waals surface area contributed by atoms with E-state index in [9.17, 15) is 4.79 Å². The van der Waals surface area contributed by atoms with Gasteiger partial charge in [-0.15, -0.1) is 0 Å². The highest BCUT2D eigenvalue weighted by atomic mass is 16.2. The van der Waals surface area contributed by atoms with E-state index in [4.69, 9.17) is 0 Å². The van der Waals surface area contributed by atoms with E-state index in [-0.39, 0.29) is 12.5 Å². The lowest BCUT2D eigenvalue weighted by atomic mass is 10.1. The summed E-state index contributed by atoms with van der Waals surface area (Å²) >= 11 is 0. The molecule has 1 aromatic heterocycles. The second-order valence-corrected chi connectivity index (χ2v) is 5.18. The third-order valence-corrected chi connectivity index (χ3v) is 3.21. The van der Waals surface area contributed by atoms with E-state index in [1.807, 2.05) is 58.0 Å². The minimum Gasteiger partial charge on any atom is -0.271 e. The van der Waals surface area contributed by atoms with Gasteiger partial charge in [0.05, 0.1) is 11.4 Å². The van der Waals surface area contributed by atoms with Gasteiger partial charge in [0, 0.05) is 5.69 Å². The number of benzene rings is 1. The van der Waals surface area contributed by atoms with Crippen LogP contribution in [0, 0.1) is 20.8 Å². The minimum atomic E-state index is -0.187. The summed E-state index contributed by atoms with van der Waals surface area (Å²) in [6.45, 7) is 7.90. The molecule has 0 saturated carbocycles. The van der Waals surface area contributed by atoms with Gasteiger partial charge in [0.25, 0.3) is 5.91 Å². The van der Waals surface area contributed by atoms with Gasteiger partial charge in [-0.1, -0.05) is 29.8 Å². The maximum absolute atomic E-state index is 11.9. The van der Waals surface area contributed by atoms with Gasteiger partial charge in [0.15, 0.2) is 0 Å². The quantitative estimate of drug-likeness (QED) is 0.692. The zero-order valence-electron chi connectivity index (χ0n) is 12.8.